The van der Waals surface area contributed by atoms with Gasteiger partial charge in [-0.25, -0.2) is 4.98 Å². The summed E-state index contributed by atoms with van der Waals surface area (Å²) < 4.78 is 7.60. The van der Waals surface area contributed by atoms with Crippen molar-refractivity contribution in [3.05, 3.63) is 24.0 Å². The van der Waals surface area contributed by atoms with Gasteiger partial charge in [-0.05, 0) is 31.5 Å². The van der Waals surface area contributed by atoms with E-state index in [0.29, 0.717) is 0 Å². The minimum absolute atomic E-state index is 0.176. The van der Waals surface area contributed by atoms with Gasteiger partial charge < -0.3 is 15.0 Å². The Morgan fingerprint density at radius 2 is 2.22 bits per heavy atom. The highest BCUT2D eigenvalue weighted by Crippen LogP contribution is 2.20. The number of hydrogen-bond donors (Lipinski definition) is 1. The highest BCUT2D eigenvalue weighted by atomic mass is 16.5. The third-order valence-electron chi connectivity index (χ3n) is 3.17. The summed E-state index contributed by atoms with van der Waals surface area (Å²) in [5, 5.41) is 0. The Labute approximate surface area is 108 Å². The molecule has 0 aliphatic rings. The summed E-state index contributed by atoms with van der Waals surface area (Å²) >= 11 is 0. The molecule has 2 rings (SSSR count). The van der Waals surface area contributed by atoms with E-state index in [1.165, 1.54) is 0 Å². The highest BCUT2D eigenvalue weighted by Gasteiger charge is 2.12. The predicted molar refractivity (Wildman–Crippen MR) is 74.6 cm³/mol. The molecule has 2 aromatic rings. The summed E-state index contributed by atoms with van der Waals surface area (Å²) in [5.41, 5.74) is 8.68. The first-order valence-electron chi connectivity index (χ1n) is 6.43. The number of benzene rings is 1. The minimum Gasteiger partial charge on any atom is -0.399 e. The number of anilines is 1. The second-order valence-corrected chi connectivity index (χ2v) is 4.68. The molecule has 4 heteroatoms. The molecule has 1 aromatic heterocycles. The van der Waals surface area contributed by atoms with Gasteiger partial charge in [0.05, 0.1) is 23.7 Å². The zero-order valence-corrected chi connectivity index (χ0v) is 11.3. The number of imidazole rings is 1. The van der Waals surface area contributed by atoms with Gasteiger partial charge in [-0.15, -0.1) is 0 Å². The maximum absolute atomic E-state index is 5.81. The molecule has 98 valence electrons. The summed E-state index contributed by atoms with van der Waals surface area (Å²) in [6.07, 6.45) is 2.24. The molecule has 0 radical (unpaired) electrons. The molecule has 1 heterocycles. The van der Waals surface area contributed by atoms with Gasteiger partial charge in [-0.1, -0.05) is 6.92 Å². The van der Waals surface area contributed by atoms with Crippen molar-refractivity contribution in [3.8, 4) is 0 Å². The lowest BCUT2D eigenvalue weighted by Crippen LogP contribution is -2.16. The van der Waals surface area contributed by atoms with Crippen molar-refractivity contribution < 1.29 is 4.74 Å². The molecule has 0 aliphatic carbocycles. The first kappa shape index (κ1) is 12.9. The molecule has 1 unspecified atom stereocenters. The number of nitrogens with two attached hydrogens (primary N) is 1. The lowest BCUT2D eigenvalue weighted by Gasteiger charge is -2.13. The van der Waals surface area contributed by atoms with Crippen LogP contribution in [0.4, 0.5) is 5.69 Å². The van der Waals surface area contributed by atoms with Gasteiger partial charge >= 0.3 is 0 Å². The maximum Gasteiger partial charge on any atom is 0.109 e. The van der Waals surface area contributed by atoms with Crippen molar-refractivity contribution in [1.82, 2.24) is 9.55 Å². The van der Waals surface area contributed by atoms with Gasteiger partial charge in [0, 0.05) is 19.2 Å². The van der Waals surface area contributed by atoms with Gasteiger partial charge in [0.25, 0.3) is 0 Å². The summed E-state index contributed by atoms with van der Waals surface area (Å²) in [4.78, 5) is 4.68. The van der Waals surface area contributed by atoms with Gasteiger partial charge in [-0.2, -0.15) is 0 Å². The summed E-state index contributed by atoms with van der Waals surface area (Å²) in [5.74, 6) is 1.11. The molecule has 0 spiro atoms. The number of aryl methyl sites for hydroxylation is 1. The van der Waals surface area contributed by atoms with Gasteiger partial charge in [-0.3, -0.25) is 0 Å². The Hall–Kier alpha value is -1.55. The zero-order chi connectivity index (χ0) is 13.1. The van der Waals surface area contributed by atoms with Gasteiger partial charge in [0.1, 0.15) is 5.82 Å². The fourth-order valence-electron chi connectivity index (χ4n) is 2.15. The monoisotopic (exact) mass is 247 g/mol. The van der Waals surface area contributed by atoms with Gasteiger partial charge in [0.15, 0.2) is 0 Å². The van der Waals surface area contributed by atoms with Gasteiger partial charge in [0.2, 0.25) is 0 Å². The average molecular weight is 247 g/mol. The Balaban J connectivity index is 2.48. The van der Waals surface area contributed by atoms with Crippen molar-refractivity contribution >= 4 is 16.7 Å². The second kappa shape index (κ2) is 5.40. The Morgan fingerprint density at radius 3 is 2.89 bits per heavy atom. The molecule has 2 N–H and O–H groups in total. The van der Waals surface area contributed by atoms with Crippen LogP contribution in [0.5, 0.6) is 0 Å². The first-order chi connectivity index (χ1) is 8.65. The van der Waals surface area contributed by atoms with E-state index in [2.05, 4.69) is 23.4 Å². The van der Waals surface area contributed by atoms with Crippen molar-refractivity contribution in [2.75, 3.05) is 12.8 Å². The number of ether oxygens (including phenoxy) is 1. The third-order valence-corrected chi connectivity index (χ3v) is 3.17. The molecule has 0 saturated carbocycles. The molecule has 0 saturated heterocycles. The van der Waals surface area contributed by atoms with Crippen molar-refractivity contribution in [2.45, 2.75) is 39.3 Å². The minimum atomic E-state index is 0.176. The van der Waals surface area contributed by atoms with E-state index in [1.54, 1.807) is 7.11 Å². The molecule has 18 heavy (non-hydrogen) atoms. The van der Waals surface area contributed by atoms with E-state index in [-0.39, 0.29) is 6.10 Å². The zero-order valence-electron chi connectivity index (χ0n) is 11.3. The molecule has 1 atom stereocenters. The number of methoxy groups -OCH3 is 1. The van der Waals surface area contributed by atoms with Crippen LogP contribution < -0.4 is 5.73 Å². The fourth-order valence-corrected chi connectivity index (χ4v) is 2.15. The van der Waals surface area contributed by atoms with Crippen LogP contribution in [0.3, 0.4) is 0 Å². The van der Waals surface area contributed by atoms with Crippen LogP contribution >= 0.6 is 0 Å². The molecule has 0 aliphatic heterocycles. The number of hydrogen-bond acceptors (Lipinski definition) is 3. The molecule has 4 nitrogen and oxygen atoms in total. The van der Waals surface area contributed by atoms with E-state index < -0.39 is 0 Å². The third kappa shape index (κ3) is 2.48. The topological polar surface area (TPSA) is 53.1 Å². The number of aromatic nitrogens is 2. The Kier molecular flexibility index (Phi) is 3.87. The van der Waals surface area contributed by atoms with Crippen LogP contribution in [-0.2, 0) is 17.7 Å². The predicted octanol–water partition coefficient (Wildman–Crippen LogP) is 2.61. The average Bonchev–Trinajstić information content (AvgIpc) is 2.67. The summed E-state index contributed by atoms with van der Waals surface area (Å²) in [6.45, 7) is 5.06. The maximum atomic E-state index is 5.81. The largest absolute Gasteiger partial charge is 0.399 e. The van der Waals surface area contributed by atoms with Crippen LogP contribution in [0.25, 0.3) is 11.0 Å². The molecule has 0 fully saturated rings. The number of nitrogens with zero attached hydrogens (tertiary/aromatic N) is 2. The Bertz CT molecular complexity index is 533. The van der Waals surface area contributed by atoms with Crippen molar-refractivity contribution in [3.63, 3.8) is 0 Å². The first-order valence-corrected chi connectivity index (χ1v) is 6.43. The summed E-state index contributed by atoms with van der Waals surface area (Å²) in [7, 11) is 1.74. The number of fused-ring (bicyclic) bond motifs is 1. The SMILES string of the molecule is CCCc1nc2cc(N)ccc2n1CC(C)OC. The highest BCUT2D eigenvalue weighted by molar-refractivity contribution is 5.79. The van der Waals surface area contributed by atoms with E-state index in [0.717, 1.165) is 41.9 Å². The molecular weight excluding hydrogens is 226 g/mol. The lowest BCUT2D eigenvalue weighted by atomic mass is 10.2. The molecule has 0 amide bonds. The lowest BCUT2D eigenvalue weighted by molar-refractivity contribution is 0.103. The van der Waals surface area contributed by atoms with Crippen LogP contribution in [0.15, 0.2) is 18.2 Å². The van der Waals surface area contributed by atoms with Crippen LogP contribution in [0.2, 0.25) is 0 Å². The molecule has 0 bridgehead atoms. The quantitative estimate of drug-likeness (QED) is 0.826. The normalized spacial score (nSPS) is 13.1. The second-order valence-electron chi connectivity index (χ2n) is 4.68. The van der Waals surface area contributed by atoms with E-state index >= 15 is 0 Å². The number of nitrogen functional groups attached to an aromatic ring is 1. The van der Waals surface area contributed by atoms with Crippen LogP contribution in [-0.4, -0.2) is 22.8 Å². The molecule has 1 aromatic carbocycles. The van der Waals surface area contributed by atoms with Crippen molar-refractivity contribution in [1.29, 1.82) is 0 Å². The van der Waals surface area contributed by atoms with Crippen molar-refractivity contribution in [2.24, 2.45) is 0 Å². The van der Waals surface area contributed by atoms with E-state index in [1.807, 2.05) is 18.2 Å². The van der Waals surface area contributed by atoms with Crippen LogP contribution in [0.1, 0.15) is 26.1 Å². The van der Waals surface area contributed by atoms with E-state index in [9.17, 15) is 0 Å². The smallest absolute Gasteiger partial charge is 0.109 e. The van der Waals surface area contributed by atoms with E-state index in [4.69, 9.17) is 10.5 Å². The Morgan fingerprint density at radius 1 is 1.44 bits per heavy atom. The standard InChI is InChI=1S/C14H21N3O/c1-4-5-14-16-12-8-11(15)6-7-13(12)17(14)9-10(2)18-3/h6-8,10H,4-5,9,15H2,1-3H3. The van der Waals surface area contributed by atoms with Crippen LogP contribution in [0, 0.1) is 0 Å². The summed E-state index contributed by atoms with van der Waals surface area (Å²) in [6, 6.07) is 5.90. The number of rotatable bonds is 5. The molecular formula is C14H21N3O. The fraction of sp³-hybridized carbons (Fsp3) is 0.500.